The van der Waals surface area contributed by atoms with Gasteiger partial charge < -0.3 is 10.6 Å². The molecule has 6 heteroatoms. The third kappa shape index (κ3) is 7.74. The van der Waals surface area contributed by atoms with Crippen LogP contribution < -0.4 is 10.6 Å². The van der Waals surface area contributed by atoms with Crippen LogP contribution in [-0.2, 0) is 0 Å². The first-order chi connectivity index (χ1) is 11.7. The quantitative estimate of drug-likeness (QED) is 0.341. The van der Waals surface area contributed by atoms with Gasteiger partial charge in [0.05, 0.1) is 12.6 Å². The molecule has 142 valence electrons. The van der Waals surface area contributed by atoms with Gasteiger partial charge in [-0.25, -0.2) is 0 Å². The molecule has 2 N–H and O–H groups in total. The van der Waals surface area contributed by atoms with Crippen LogP contribution in [0.2, 0.25) is 0 Å². The highest BCUT2D eigenvalue weighted by molar-refractivity contribution is 14.0. The van der Waals surface area contributed by atoms with E-state index in [2.05, 4.69) is 66.0 Å². The first-order valence-corrected chi connectivity index (χ1v) is 10.4. The van der Waals surface area contributed by atoms with Crippen molar-refractivity contribution in [3.05, 3.63) is 35.9 Å². The Morgan fingerprint density at radius 1 is 1.20 bits per heavy atom. The van der Waals surface area contributed by atoms with E-state index < -0.39 is 0 Å². The summed E-state index contributed by atoms with van der Waals surface area (Å²) in [6.45, 7) is 9.34. The van der Waals surface area contributed by atoms with Crippen molar-refractivity contribution in [3.8, 4) is 0 Å². The van der Waals surface area contributed by atoms with E-state index in [0.29, 0.717) is 11.3 Å². The zero-order chi connectivity index (χ0) is 17.2. The molecule has 2 unspecified atom stereocenters. The van der Waals surface area contributed by atoms with Gasteiger partial charge in [-0.3, -0.25) is 9.89 Å². The topological polar surface area (TPSA) is 39.7 Å². The van der Waals surface area contributed by atoms with Gasteiger partial charge in [-0.05, 0) is 44.7 Å². The van der Waals surface area contributed by atoms with Crippen LogP contribution in [0.3, 0.4) is 0 Å². The van der Waals surface area contributed by atoms with Crippen LogP contribution in [0.5, 0.6) is 0 Å². The van der Waals surface area contributed by atoms with Crippen LogP contribution >= 0.6 is 35.7 Å². The van der Waals surface area contributed by atoms with Gasteiger partial charge >= 0.3 is 0 Å². The van der Waals surface area contributed by atoms with Crippen LogP contribution in [0.15, 0.2) is 35.3 Å². The zero-order valence-electron chi connectivity index (χ0n) is 15.7. The zero-order valence-corrected chi connectivity index (χ0v) is 18.8. The van der Waals surface area contributed by atoms with Gasteiger partial charge in [0, 0.05) is 18.3 Å². The number of nitrogens with zero attached hydrogens (tertiary/aromatic N) is 2. The van der Waals surface area contributed by atoms with E-state index in [1.165, 1.54) is 31.5 Å². The van der Waals surface area contributed by atoms with E-state index in [4.69, 9.17) is 4.99 Å². The van der Waals surface area contributed by atoms with E-state index in [1.807, 2.05) is 11.8 Å². The number of likely N-dealkylation sites (tertiary alicyclic amines) is 1. The summed E-state index contributed by atoms with van der Waals surface area (Å²) in [6.07, 6.45) is 4.75. The van der Waals surface area contributed by atoms with Crippen molar-refractivity contribution in [1.29, 1.82) is 0 Å². The second kappa shape index (κ2) is 12.8. The van der Waals surface area contributed by atoms with Crippen LogP contribution in [0.1, 0.15) is 38.3 Å². The highest BCUT2D eigenvalue weighted by Crippen LogP contribution is 2.24. The summed E-state index contributed by atoms with van der Waals surface area (Å²) in [5.41, 5.74) is 1.39. The lowest BCUT2D eigenvalue weighted by Gasteiger charge is -2.29. The molecule has 0 aliphatic carbocycles. The number of benzene rings is 1. The van der Waals surface area contributed by atoms with Gasteiger partial charge in [0.15, 0.2) is 5.96 Å². The minimum absolute atomic E-state index is 0. The van der Waals surface area contributed by atoms with E-state index >= 15 is 0 Å². The van der Waals surface area contributed by atoms with Crippen molar-refractivity contribution in [1.82, 2.24) is 15.5 Å². The van der Waals surface area contributed by atoms with Crippen molar-refractivity contribution >= 4 is 41.7 Å². The van der Waals surface area contributed by atoms with Crippen molar-refractivity contribution in [2.24, 2.45) is 4.99 Å². The Kier molecular flexibility index (Phi) is 11.6. The number of rotatable bonds is 8. The normalized spacial score (nSPS) is 17.6. The standard InChI is InChI=1S/C19H32N4S.HI/c1-4-20-19(21-14-16(2)24-3)22-15-18(23-12-8-9-13-23)17-10-6-5-7-11-17;/h5-7,10-11,16,18H,4,8-9,12-15H2,1-3H3,(H2,20,21,22);1H. The van der Waals surface area contributed by atoms with Crippen molar-refractivity contribution in [2.45, 2.75) is 38.0 Å². The molecule has 0 saturated carbocycles. The molecule has 1 fully saturated rings. The number of thioether (sulfide) groups is 1. The highest BCUT2D eigenvalue weighted by Gasteiger charge is 2.23. The maximum atomic E-state index is 4.73. The monoisotopic (exact) mass is 476 g/mol. The summed E-state index contributed by atoms with van der Waals surface area (Å²) in [6, 6.07) is 11.3. The molecule has 2 rings (SSSR count). The van der Waals surface area contributed by atoms with Gasteiger partial charge in [-0.2, -0.15) is 11.8 Å². The second-order valence-electron chi connectivity index (χ2n) is 6.32. The molecule has 1 aliphatic rings. The lowest BCUT2D eigenvalue weighted by Crippen LogP contribution is -2.43. The van der Waals surface area contributed by atoms with Crippen molar-refractivity contribution in [3.63, 3.8) is 0 Å². The smallest absolute Gasteiger partial charge is 0.191 e. The maximum absolute atomic E-state index is 4.73. The second-order valence-corrected chi connectivity index (χ2v) is 7.59. The number of halogens is 1. The summed E-state index contributed by atoms with van der Waals surface area (Å²) in [4.78, 5) is 7.33. The van der Waals surface area contributed by atoms with E-state index in [-0.39, 0.29) is 24.0 Å². The van der Waals surface area contributed by atoms with Crippen LogP contribution in [0, 0.1) is 0 Å². The Bertz CT molecular complexity index is 491. The van der Waals surface area contributed by atoms with E-state index in [1.54, 1.807) is 0 Å². The van der Waals surface area contributed by atoms with E-state index in [9.17, 15) is 0 Å². The number of hydrogen-bond donors (Lipinski definition) is 2. The van der Waals surface area contributed by atoms with Gasteiger partial charge in [0.2, 0.25) is 0 Å². The Labute approximate surface area is 174 Å². The Morgan fingerprint density at radius 2 is 1.88 bits per heavy atom. The minimum atomic E-state index is 0. The van der Waals surface area contributed by atoms with Crippen LogP contribution in [-0.4, -0.2) is 55.1 Å². The molecule has 25 heavy (non-hydrogen) atoms. The Hall–Kier alpha value is -0.470. The average Bonchev–Trinajstić information content (AvgIpc) is 3.14. The van der Waals surface area contributed by atoms with Crippen molar-refractivity contribution < 1.29 is 0 Å². The first-order valence-electron chi connectivity index (χ1n) is 9.08. The maximum Gasteiger partial charge on any atom is 0.191 e. The molecule has 4 nitrogen and oxygen atoms in total. The van der Waals surface area contributed by atoms with Gasteiger partial charge in [0.25, 0.3) is 0 Å². The molecule has 1 aliphatic heterocycles. The molecule has 0 aromatic heterocycles. The summed E-state index contributed by atoms with van der Waals surface area (Å²) < 4.78 is 0. The van der Waals surface area contributed by atoms with Crippen molar-refractivity contribution in [2.75, 3.05) is 39.0 Å². The third-order valence-corrected chi connectivity index (χ3v) is 5.44. The molecule has 1 saturated heterocycles. The number of aliphatic imine (C=N–C) groups is 1. The summed E-state index contributed by atoms with van der Waals surface area (Å²) in [5, 5.41) is 7.48. The predicted octanol–water partition coefficient (Wildman–Crippen LogP) is 3.75. The molecular formula is C19H33IN4S. The summed E-state index contributed by atoms with van der Waals surface area (Å²) in [5.74, 6) is 0.929. The molecule has 1 aromatic rings. The minimum Gasteiger partial charge on any atom is -0.357 e. The van der Waals surface area contributed by atoms with Gasteiger partial charge in [-0.15, -0.1) is 24.0 Å². The molecule has 1 heterocycles. The molecule has 0 spiro atoms. The molecule has 2 atom stereocenters. The third-order valence-electron chi connectivity index (χ3n) is 4.48. The molecule has 1 aromatic carbocycles. The largest absolute Gasteiger partial charge is 0.357 e. The number of nitrogens with one attached hydrogen (secondary N) is 2. The number of hydrogen-bond acceptors (Lipinski definition) is 3. The highest BCUT2D eigenvalue weighted by atomic mass is 127. The fourth-order valence-electron chi connectivity index (χ4n) is 3.02. The van der Waals surface area contributed by atoms with Gasteiger partial charge in [-0.1, -0.05) is 37.3 Å². The van der Waals surface area contributed by atoms with E-state index in [0.717, 1.165) is 25.6 Å². The molecule has 0 bridgehead atoms. The van der Waals surface area contributed by atoms with Crippen LogP contribution in [0.25, 0.3) is 0 Å². The lowest BCUT2D eigenvalue weighted by molar-refractivity contribution is 0.245. The average molecular weight is 476 g/mol. The first kappa shape index (κ1) is 22.6. The van der Waals surface area contributed by atoms with Crippen LogP contribution in [0.4, 0.5) is 0 Å². The fourth-order valence-corrected chi connectivity index (χ4v) is 3.24. The molecule has 0 radical (unpaired) electrons. The summed E-state index contributed by atoms with van der Waals surface area (Å²) in [7, 11) is 0. The summed E-state index contributed by atoms with van der Waals surface area (Å²) >= 11 is 1.86. The fraction of sp³-hybridized carbons (Fsp3) is 0.632. The predicted molar refractivity (Wildman–Crippen MR) is 122 cm³/mol. The Balaban J connectivity index is 0.00000312. The number of guanidine groups is 1. The lowest BCUT2D eigenvalue weighted by atomic mass is 10.1. The van der Waals surface area contributed by atoms with Gasteiger partial charge in [0.1, 0.15) is 0 Å². The Morgan fingerprint density at radius 3 is 2.48 bits per heavy atom. The molecular weight excluding hydrogens is 443 g/mol. The molecule has 0 amide bonds. The SMILES string of the molecule is CCNC(=NCC(C)SC)NCC(c1ccccc1)N1CCCC1.I.